The molecule has 7 atom stereocenters. The first kappa shape index (κ1) is 18.1. The van der Waals surface area contributed by atoms with Gasteiger partial charge >= 0.3 is 5.97 Å². The Bertz CT molecular complexity index is 705. The molecule has 3 aliphatic rings. The maximum atomic E-state index is 11.9. The van der Waals surface area contributed by atoms with E-state index in [1.807, 2.05) is 6.07 Å². The fourth-order valence-corrected chi connectivity index (χ4v) is 7.15. The van der Waals surface area contributed by atoms with Crippen LogP contribution < -0.4 is 0 Å². The van der Waals surface area contributed by atoms with Crippen LogP contribution in [0.5, 0.6) is 0 Å². The molecule has 0 bridgehead atoms. The number of carbonyl (C=O) groups is 1. The zero-order valence-corrected chi connectivity index (χ0v) is 16.6. The third-order valence-electron chi connectivity index (χ3n) is 8.01. The lowest BCUT2D eigenvalue weighted by molar-refractivity contribution is -0.227. The minimum absolute atomic E-state index is 0.0290. The predicted molar refractivity (Wildman–Crippen MR) is 98.6 cm³/mol. The molecule has 0 radical (unpaired) electrons. The molecule has 0 aliphatic heterocycles. The molecule has 1 N–H and O–H groups in total. The van der Waals surface area contributed by atoms with E-state index in [4.69, 9.17) is 9.15 Å². The summed E-state index contributed by atoms with van der Waals surface area (Å²) in [6.07, 6.45) is 5.02. The molecule has 4 rings (SSSR count). The third-order valence-corrected chi connectivity index (χ3v) is 8.01. The van der Waals surface area contributed by atoms with E-state index in [9.17, 15) is 9.90 Å². The molecule has 0 saturated heterocycles. The summed E-state index contributed by atoms with van der Waals surface area (Å²) in [5.41, 5.74) is 1.27. The van der Waals surface area contributed by atoms with Crippen LogP contribution in [-0.4, -0.2) is 23.3 Å². The first-order valence-electron chi connectivity index (χ1n) is 10.1. The Hall–Kier alpha value is -1.29. The number of esters is 1. The summed E-state index contributed by atoms with van der Waals surface area (Å²) in [5.74, 6) is 1.61. The number of aliphatic hydroxyl groups is 1. The lowest BCUT2D eigenvalue weighted by Gasteiger charge is -2.64. The number of fused-ring (bicyclic) bond motifs is 4. The Balaban J connectivity index is 1.85. The van der Waals surface area contributed by atoms with Crippen LogP contribution in [-0.2, 0) is 16.0 Å². The monoisotopic (exact) mass is 360 g/mol. The van der Waals surface area contributed by atoms with Crippen molar-refractivity contribution in [1.29, 1.82) is 0 Å². The average Bonchev–Trinajstić information content (AvgIpc) is 2.99. The Morgan fingerprint density at radius 1 is 1.31 bits per heavy atom. The molecular weight excluding hydrogens is 328 g/mol. The van der Waals surface area contributed by atoms with Crippen molar-refractivity contribution in [3.05, 3.63) is 23.7 Å². The molecule has 0 aromatic carbocycles. The van der Waals surface area contributed by atoms with Gasteiger partial charge in [0.05, 0.1) is 12.4 Å². The molecule has 0 unspecified atom stereocenters. The van der Waals surface area contributed by atoms with Gasteiger partial charge in [-0.05, 0) is 53.1 Å². The molecule has 4 heteroatoms. The van der Waals surface area contributed by atoms with Gasteiger partial charge in [0.15, 0.2) is 0 Å². The van der Waals surface area contributed by atoms with Crippen molar-refractivity contribution in [2.45, 2.75) is 78.4 Å². The highest BCUT2D eigenvalue weighted by atomic mass is 16.6. The molecule has 1 aromatic heterocycles. The van der Waals surface area contributed by atoms with Gasteiger partial charge in [0.2, 0.25) is 0 Å². The van der Waals surface area contributed by atoms with Crippen LogP contribution >= 0.6 is 0 Å². The van der Waals surface area contributed by atoms with E-state index in [2.05, 4.69) is 27.7 Å². The quantitative estimate of drug-likeness (QED) is 0.758. The highest BCUT2D eigenvalue weighted by Crippen LogP contribution is 2.65. The SMILES string of the molecule is CC(=O)O[C@@H]1[C@@H](O)[C@H]2C(C)(C)CCC[C@]2(C)[C@@H]2Cc3occc3[C@H](C)[C@H]12. The second-order valence-corrected chi connectivity index (χ2v) is 9.87. The van der Waals surface area contributed by atoms with Crippen LogP contribution in [0, 0.1) is 28.6 Å². The smallest absolute Gasteiger partial charge is 0.303 e. The van der Waals surface area contributed by atoms with E-state index >= 15 is 0 Å². The van der Waals surface area contributed by atoms with E-state index in [0.29, 0.717) is 5.92 Å². The van der Waals surface area contributed by atoms with Crippen molar-refractivity contribution in [2.75, 3.05) is 0 Å². The van der Waals surface area contributed by atoms with Crippen LogP contribution in [0.3, 0.4) is 0 Å². The highest BCUT2D eigenvalue weighted by molar-refractivity contribution is 5.66. The van der Waals surface area contributed by atoms with Crippen LogP contribution in [0.1, 0.15) is 71.1 Å². The van der Waals surface area contributed by atoms with E-state index in [0.717, 1.165) is 25.0 Å². The summed E-state index contributed by atoms with van der Waals surface area (Å²) in [7, 11) is 0. The van der Waals surface area contributed by atoms with E-state index in [1.54, 1.807) is 6.26 Å². The Kier molecular flexibility index (Phi) is 4.07. The number of hydrogen-bond donors (Lipinski definition) is 1. The molecule has 144 valence electrons. The third kappa shape index (κ3) is 2.41. The summed E-state index contributed by atoms with van der Waals surface area (Å²) in [4.78, 5) is 11.9. The van der Waals surface area contributed by atoms with Crippen molar-refractivity contribution >= 4 is 5.97 Å². The van der Waals surface area contributed by atoms with Gasteiger partial charge in [0.25, 0.3) is 0 Å². The topological polar surface area (TPSA) is 59.7 Å². The van der Waals surface area contributed by atoms with E-state index in [-0.39, 0.29) is 34.6 Å². The van der Waals surface area contributed by atoms with Gasteiger partial charge in [-0.2, -0.15) is 0 Å². The fraction of sp³-hybridized carbons (Fsp3) is 0.773. The number of rotatable bonds is 1. The highest BCUT2D eigenvalue weighted by Gasteiger charge is 2.64. The van der Waals surface area contributed by atoms with Crippen molar-refractivity contribution in [3.63, 3.8) is 0 Å². The average molecular weight is 360 g/mol. The minimum atomic E-state index is -0.614. The minimum Gasteiger partial charge on any atom is -0.469 e. The van der Waals surface area contributed by atoms with Gasteiger partial charge in [0, 0.05) is 19.3 Å². The molecular formula is C22H32O4. The molecule has 0 amide bonds. The number of carbonyl (C=O) groups excluding carboxylic acids is 1. The van der Waals surface area contributed by atoms with Gasteiger partial charge < -0.3 is 14.3 Å². The first-order chi connectivity index (χ1) is 12.2. The molecule has 26 heavy (non-hydrogen) atoms. The second-order valence-electron chi connectivity index (χ2n) is 9.87. The Morgan fingerprint density at radius 3 is 2.73 bits per heavy atom. The fourth-order valence-electron chi connectivity index (χ4n) is 7.15. The van der Waals surface area contributed by atoms with Crippen molar-refractivity contribution < 1.29 is 19.1 Å². The zero-order valence-electron chi connectivity index (χ0n) is 16.6. The van der Waals surface area contributed by atoms with Gasteiger partial charge in [-0.1, -0.05) is 34.1 Å². The number of hydrogen-bond acceptors (Lipinski definition) is 4. The maximum Gasteiger partial charge on any atom is 0.303 e. The Labute approximate surface area is 156 Å². The Morgan fingerprint density at radius 2 is 2.04 bits per heavy atom. The maximum absolute atomic E-state index is 11.9. The van der Waals surface area contributed by atoms with Gasteiger partial charge in [-0.3, -0.25) is 4.79 Å². The summed E-state index contributed by atoms with van der Waals surface area (Å²) in [6, 6.07) is 2.05. The van der Waals surface area contributed by atoms with E-state index < -0.39 is 12.2 Å². The van der Waals surface area contributed by atoms with Crippen molar-refractivity contribution in [2.24, 2.45) is 28.6 Å². The lowest BCUT2D eigenvalue weighted by Crippen LogP contribution is -2.65. The van der Waals surface area contributed by atoms with Crippen molar-refractivity contribution in [3.8, 4) is 0 Å². The van der Waals surface area contributed by atoms with Crippen molar-refractivity contribution in [1.82, 2.24) is 0 Å². The lowest BCUT2D eigenvalue weighted by atomic mass is 9.42. The predicted octanol–water partition coefficient (Wildman–Crippen LogP) is 4.31. The van der Waals surface area contributed by atoms with Gasteiger partial charge in [-0.25, -0.2) is 0 Å². The molecule has 1 heterocycles. The summed E-state index contributed by atoms with van der Waals surface area (Å²) >= 11 is 0. The molecule has 2 fully saturated rings. The first-order valence-corrected chi connectivity index (χ1v) is 10.1. The van der Waals surface area contributed by atoms with Crippen LogP contribution in [0.2, 0.25) is 0 Å². The van der Waals surface area contributed by atoms with Crippen LogP contribution in [0.4, 0.5) is 0 Å². The number of aliphatic hydroxyl groups excluding tert-OH is 1. The van der Waals surface area contributed by atoms with E-state index in [1.165, 1.54) is 18.9 Å². The van der Waals surface area contributed by atoms with Gasteiger partial charge in [0.1, 0.15) is 11.9 Å². The standard InChI is InChI=1S/C22H32O4/c1-12-14-7-10-25-16(14)11-15-17(12)19(26-13(2)23)18(24)20-21(3,4)8-6-9-22(15,20)5/h7,10,12,15,17-20,24H,6,8-9,11H2,1-5H3/t12-,15+,17-,18+,19-,20-,22+/m0/s1. The summed E-state index contributed by atoms with van der Waals surface area (Å²) in [5, 5.41) is 11.5. The normalized spacial score (nSPS) is 43.8. The van der Waals surface area contributed by atoms with Gasteiger partial charge in [-0.15, -0.1) is 0 Å². The zero-order chi connectivity index (χ0) is 18.9. The number of ether oxygens (including phenoxy) is 1. The summed E-state index contributed by atoms with van der Waals surface area (Å²) < 4.78 is 11.6. The molecule has 2 saturated carbocycles. The molecule has 3 aliphatic carbocycles. The number of furan rings is 1. The molecule has 0 spiro atoms. The van der Waals surface area contributed by atoms with Crippen LogP contribution in [0.25, 0.3) is 0 Å². The second kappa shape index (κ2) is 5.85. The molecule has 4 nitrogen and oxygen atoms in total. The molecule has 1 aromatic rings. The van der Waals surface area contributed by atoms with Crippen LogP contribution in [0.15, 0.2) is 16.7 Å². The largest absolute Gasteiger partial charge is 0.469 e. The summed E-state index contributed by atoms with van der Waals surface area (Å²) in [6.45, 7) is 10.6.